The van der Waals surface area contributed by atoms with Crippen molar-refractivity contribution in [2.75, 3.05) is 0 Å². The van der Waals surface area contributed by atoms with Gasteiger partial charge in [0.05, 0.1) is 0 Å². The van der Waals surface area contributed by atoms with Crippen molar-refractivity contribution >= 4 is 0 Å². The van der Waals surface area contributed by atoms with E-state index in [0.29, 0.717) is 5.75 Å². The molecule has 6 nitrogen and oxygen atoms in total. The fraction of sp³-hybridized carbons (Fsp3) is 0.118. The minimum atomic E-state index is -0.569. The van der Waals surface area contributed by atoms with Crippen LogP contribution >= 0.6 is 0 Å². The molecule has 0 N–H and O–H groups in total. The highest BCUT2D eigenvalue weighted by molar-refractivity contribution is 5.63. The molecule has 3 rings (SSSR count). The van der Waals surface area contributed by atoms with Gasteiger partial charge in [-0.1, -0.05) is 42.5 Å². The van der Waals surface area contributed by atoms with Gasteiger partial charge in [0.2, 0.25) is 0 Å². The van der Waals surface area contributed by atoms with Gasteiger partial charge in [0.15, 0.2) is 0 Å². The predicted molar refractivity (Wildman–Crippen MR) is 86.7 cm³/mol. The third kappa shape index (κ3) is 2.91. The minimum absolute atomic E-state index is 0.137. The van der Waals surface area contributed by atoms with E-state index in [9.17, 15) is 9.59 Å². The van der Waals surface area contributed by atoms with E-state index in [1.54, 1.807) is 12.1 Å². The van der Waals surface area contributed by atoms with E-state index in [1.165, 1.54) is 14.1 Å². The largest absolute Gasteiger partial charge is 0.434 e. The van der Waals surface area contributed by atoms with Crippen molar-refractivity contribution in [3.8, 4) is 22.8 Å². The van der Waals surface area contributed by atoms with Gasteiger partial charge in [-0.15, -0.1) is 5.10 Å². The van der Waals surface area contributed by atoms with Crippen molar-refractivity contribution in [3.63, 3.8) is 0 Å². The Labute approximate surface area is 132 Å². The van der Waals surface area contributed by atoms with Gasteiger partial charge in [-0.05, 0) is 23.3 Å². The zero-order chi connectivity index (χ0) is 16.4. The van der Waals surface area contributed by atoms with Gasteiger partial charge >= 0.3 is 17.1 Å². The van der Waals surface area contributed by atoms with E-state index < -0.39 is 11.2 Å². The molecule has 0 aliphatic carbocycles. The number of aryl methyl sites for hydroxylation is 1. The van der Waals surface area contributed by atoms with Crippen molar-refractivity contribution in [2.45, 2.75) is 0 Å². The molecule has 6 heteroatoms. The molecule has 0 saturated heterocycles. The van der Waals surface area contributed by atoms with Gasteiger partial charge < -0.3 is 4.74 Å². The summed E-state index contributed by atoms with van der Waals surface area (Å²) in [4.78, 5) is 23.6. The number of hydrogen-bond donors (Lipinski definition) is 0. The molecule has 0 atom stereocenters. The maximum Gasteiger partial charge on any atom is 0.347 e. The third-order valence-corrected chi connectivity index (χ3v) is 3.47. The van der Waals surface area contributed by atoms with Crippen molar-refractivity contribution in [2.24, 2.45) is 14.1 Å². The smallest absolute Gasteiger partial charge is 0.347 e. The molecule has 0 bridgehead atoms. The number of rotatable bonds is 3. The molecule has 0 saturated carbocycles. The number of benzene rings is 2. The Morgan fingerprint density at radius 2 is 1.48 bits per heavy atom. The van der Waals surface area contributed by atoms with E-state index in [0.717, 1.165) is 20.4 Å². The molecule has 0 radical (unpaired) electrons. The summed E-state index contributed by atoms with van der Waals surface area (Å²) in [5.41, 5.74) is 1.07. The molecule has 116 valence electrons. The fourth-order valence-electron chi connectivity index (χ4n) is 2.19. The molecular weight excluding hydrogens is 294 g/mol. The lowest BCUT2D eigenvalue weighted by molar-refractivity contribution is 0.414. The maximum atomic E-state index is 12.0. The second-order valence-corrected chi connectivity index (χ2v) is 5.07. The van der Waals surface area contributed by atoms with Crippen LogP contribution in [0.5, 0.6) is 11.6 Å². The van der Waals surface area contributed by atoms with Gasteiger partial charge in [-0.25, -0.2) is 9.48 Å². The monoisotopic (exact) mass is 309 g/mol. The van der Waals surface area contributed by atoms with Crippen LogP contribution in [0, 0.1) is 0 Å². The maximum absolute atomic E-state index is 12.0. The molecule has 1 heterocycles. The SMILES string of the molecule is Cn1nc(Oc2ccc(-c3ccccc3)cc2)c(=O)n(C)c1=O. The van der Waals surface area contributed by atoms with Crippen molar-refractivity contribution in [3.05, 3.63) is 75.4 Å². The van der Waals surface area contributed by atoms with Gasteiger partial charge in [-0.2, -0.15) is 0 Å². The number of hydrogen-bond acceptors (Lipinski definition) is 4. The lowest BCUT2D eigenvalue weighted by Crippen LogP contribution is -2.38. The third-order valence-electron chi connectivity index (χ3n) is 3.47. The summed E-state index contributed by atoms with van der Waals surface area (Å²) in [5, 5.41) is 3.86. The van der Waals surface area contributed by atoms with Gasteiger partial charge in [-0.3, -0.25) is 9.36 Å². The van der Waals surface area contributed by atoms with Crippen LogP contribution in [0.15, 0.2) is 64.2 Å². The Hall–Kier alpha value is -3.15. The average Bonchev–Trinajstić information content (AvgIpc) is 2.59. The van der Waals surface area contributed by atoms with Gasteiger partial charge in [0, 0.05) is 14.1 Å². The Bertz CT molecular complexity index is 942. The molecule has 0 aliphatic rings. The quantitative estimate of drug-likeness (QED) is 0.741. The summed E-state index contributed by atoms with van der Waals surface area (Å²) in [6.45, 7) is 0. The molecule has 0 unspecified atom stereocenters. The first-order chi connectivity index (χ1) is 11.1. The summed E-state index contributed by atoms with van der Waals surface area (Å²) in [6.07, 6.45) is 0. The van der Waals surface area contributed by atoms with Crippen LogP contribution in [-0.4, -0.2) is 14.3 Å². The lowest BCUT2D eigenvalue weighted by atomic mass is 10.1. The normalized spacial score (nSPS) is 10.5. The standard InChI is InChI=1S/C17H15N3O3/c1-19-16(21)15(18-20(2)17(19)22)23-14-10-8-13(9-11-14)12-6-4-3-5-7-12/h3-11H,1-2H3. The van der Waals surface area contributed by atoms with Crippen LogP contribution in [0.1, 0.15) is 0 Å². The molecule has 0 spiro atoms. The zero-order valence-electron chi connectivity index (χ0n) is 12.8. The fourth-order valence-corrected chi connectivity index (χ4v) is 2.19. The van der Waals surface area contributed by atoms with Crippen LogP contribution in [0.2, 0.25) is 0 Å². The van der Waals surface area contributed by atoms with E-state index >= 15 is 0 Å². The Morgan fingerprint density at radius 1 is 0.870 bits per heavy atom. The van der Waals surface area contributed by atoms with E-state index in [-0.39, 0.29) is 5.88 Å². The van der Waals surface area contributed by atoms with Crippen LogP contribution < -0.4 is 16.0 Å². The van der Waals surface area contributed by atoms with Crippen molar-refractivity contribution in [1.29, 1.82) is 0 Å². The van der Waals surface area contributed by atoms with Crippen LogP contribution in [0.25, 0.3) is 11.1 Å². The summed E-state index contributed by atoms with van der Waals surface area (Å²) < 4.78 is 7.54. The van der Waals surface area contributed by atoms with Crippen molar-refractivity contribution < 1.29 is 4.74 Å². The highest BCUT2D eigenvalue weighted by Crippen LogP contribution is 2.23. The zero-order valence-corrected chi connectivity index (χ0v) is 12.8. The molecule has 23 heavy (non-hydrogen) atoms. The molecule has 0 amide bonds. The minimum Gasteiger partial charge on any atom is -0.434 e. The molecule has 1 aromatic heterocycles. The van der Waals surface area contributed by atoms with Crippen LogP contribution in [0.3, 0.4) is 0 Å². The first kappa shape index (κ1) is 14.8. The summed E-state index contributed by atoms with van der Waals surface area (Å²) in [7, 11) is 2.85. The molecule has 2 aromatic carbocycles. The molecule has 3 aromatic rings. The molecular formula is C17H15N3O3. The lowest BCUT2D eigenvalue weighted by Gasteiger charge is -2.08. The number of aromatic nitrogens is 3. The number of ether oxygens (including phenoxy) is 1. The Morgan fingerprint density at radius 3 is 2.13 bits per heavy atom. The average molecular weight is 309 g/mol. The van der Waals surface area contributed by atoms with E-state index in [2.05, 4.69) is 5.10 Å². The predicted octanol–water partition coefficient (Wildman–Crippen LogP) is 1.94. The summed E-state index contributed by atoms with van der Waals surface area (Å²) in [6, 6.07) is 17.2. The number of nitrogens with zero attached hydrogens (tertiary/aromatic N) is 3. The van der Waals surface area contributed by atoms with Crippen molar-refractivity contribution in [1.82, 2.24) is 14.3 Å². The van der Waals surface area contributed by atoms with Gasteiger partial charge in [0.25, 0.3) is 0 Å². The highest BCUT2D eigenvalue weighted by atomic mass is 16.5. The van der Waals surface area contributed by atoms with E-state index in [1.807, 2.05) is 42.5 Å². The van der Waals surface area contributed by atoms with Crippen LogP contribution in [0.4, 0.5) is 0 Å². The molecule has 0 fully saturated rings. The summed E-state index contributed by atoms with van der Waals surface area (Å²) in [5.74, 6) is 0.343. The first-order valence-corrected chi connectivity index (χ1v) is 7.04. The summed E-state index contributed by atoms with van der Waals surface area (Å²) >= 11 is 0. The van der Waals surface area contributed by atoms with E-state index in [4.69, 9.17) is 4.74 Å². The topological polar surface area (TPSA) is 66.1 Å². The molecule has 0 aliphatic heterocycles. The Kier molecular flexibility index (Phi) is 3.80. The van der Waals surface area contributed by atoms with Gasteiger partial charge in [0.1, 0.15) is 5.75 Å². The second-order valence-electron chi connectivity index (χ2n) is 5.07. The first-order valence-electron chi connectivity index (χ1n) is 7.04. The van der Waals surface area contributed by atoms with Crippen LogP contribution in [-0.2, 0) is 14.1 Å². The highest BCUT2D eigenvalue weighted by Gasteiger charge is 2.11. The second kappa shape index (κ2) is 5.92. The Balaban J connectivity index is 1.90.